The number of aromatic nitrogens is 3. The number of nitrogens with one attached hydrogen (secondary N) is 2. The average Bonchev–Trinajstić information content (AvgIpc) is 3.37. The van der Waals surface area contributed by atoms with Gasteiger partial charge in [-0.05, 0) is 50.5 Å². The number of nitrogens with zero attached hydrogens (tertiary/aromatic N) is 3. The molecule has 3 heterocycles. The van der Waals surface area contributed by atoms with Gasteiger partial charge >= 0.3 is 0 Å². The first kappa shape index (κ1) is 19.6. The molecule has 1 aliphatic carbocycles. The Hall–Kier alpha value is -1.71. The first-order valence-electron chi connectivity index (χ1n) is 10.1. The van der Waals surface area contributed by atoms with E-state index >= 15 is 0 Å². The van der Waals surface area contributed by atoms with Crippen LogP contribution in [0, 0.1) is 5.92 Å². The second-order valence-corrected chi connectivity index (χ2v) is 9.84. The SMILES string of the molecule is CN(c1ncnc2[nH]ccc12)[C@H]1CC[C@H](CS(=O)(=O)NC[C@H]2CCCO2)CC1. The lowest BCUT2D eigenvalue weighted by Gasteiger charge is -2.35. The molecular formula is C19H29N5O3S. The molecule has 2 aromatic rings. The quantitative estimate of drug-likeness (QED) is 0.729. The molecule has 28 heavy (non-hydrogen) atoms. The molecule has 0 bridgehead atoms. The number of aromatic amines is 1. The summed E-state index contributed by atoms with van der Waals surface area (Å²) in [6, 6.07) is 2.37. The van der Waals surface area contributed by atoms with Crippen LogP contribution >= 0.6 is 0 Å². The molecule has 0 aromatic carbocycles. The molecule has 0 unspecified atom stereocenters. The summed E-state index contributed by atoms with van der Waals surface area (Å²) in [7, 11) is -1.18. The predicted octanol–water partition coefficient (Wildman–Crippen LogP) is 2.05. The van der Waals surface area contributed by atoms with Gasteiger partial charge in [0.15, 0.2) is 0 Å². The van der Waals surface area contributed by atoms with Crippen molar-refractivity contribution in [1.82, 2.24) is 19.7 Å². The average molecular weight is 408 g/mol. The molecule has 1 atom stereocenters. The van der Waals surface area contributed by atoms with Gasteiger partial charge in [0.25, 0.3) is 0 Å². The van der Waals surface area contributed by atoms with Gasteiger partial charge in [0, 0.05) is 32.4 Å². The highest BCUT2D eigenvalue weighted by Gasteiger charge is 2.29. The van der Waals surface area contributed by atoms with E-state index in [4.69, 9.17) is 4.74 Å². The maximum absolute atomic E-state index is 12.4. The van der Waals surface area contributed by atoms with E-state index in [2.05, 4.69) is 31.6 Å². The zero-order valence-electron chi connectivity index (χ0n) is 16.3. The van der Waals surface area contributed by atoms with Crippen LogP contribution in [0.15, 0.2) is 18.6 Å². The van der Waals surface area contributed by atoms with E-state index in [1.165, 1.54) is 0 Å². The molecule has 2 fully saturated rings. The third-order valence-electron chi connectivity index (χ3n) is 6.04. The Balaban J connectivity index is 1.30. The minimum Gasteiger partial charge on any atom is -0.377 e. The topological polar surface area (TPSA) is 100 Å². The van der Waals surface area contributed by atoms with E-state index in [9.17, 15) is 8.42 Å². The third-order valence-corrected chi connectivity index (χ3v) is 7.56. The van der Waals surface area contributed by atoms with E-state index in [1.54, 1.807) is 6.33 Å². The fraction of sp³-hybridized carbons (Fsp3) is 0.684. The second-order valence-electron chi connectivity index (χ2n) is 7.99. The maximum Gasteiger partial charge on any atom is 0.211 e. The van der Waals surface area contributed by atoms with Gasteiger partial charge < -0.3 is 14.6 Å². The highest BCUT2D eigenvalue weighted by atomic mass is 32.2. The first-order chi connectivity index (χ1) is 13.5. The number of ether oxygens (including phenoxy) is 1. The number of hydrogen-bond donors (Lipinski definition) is 2. The van der Waals surface area contributed by atoms with E-state index in [1.807, 2.05) is 12.3 Å². The van der Waals surface area contributed by atoms with Crippen LogP contribution in [0.4, 0.5) is 5.82 Å². The summed E-state index contributed by atoms with van der Waals surface area (Å²) in [5.74, 6) is 1.36. The van der Waals surface area contributed by atoms with Gasteiger partial charge in [-0.2, -0.15) is 0 Å². The maximum atomic E-state index is 12.4. The highest BCUT2D eigenvalue weighted by molar-refractivity contribution is 7.89. The normalized spacial score (nSPS) is 26.0. The number of H-pyrrole nitrogens is 1. The summed E-state index contributed by atoms with van der Waals surface area (Å²) in [6.45, 7) is 1.14. The van der Waals surface area contributed by atoms with Crippen molar-refractivity contribution in [2.75, 3.05) is 30.9 Å². The van der Waals surface area contributed by atoms with Gasteiger partial charge in [0.05, 0.1) is 17.2 Å². The second kappa shape index (κ2) is 8.34. The molecule has 1 saturated carbocycles. The standard InChI is InChI=1S/C19H29N5O3S/c1-24(19-17-8-9-20-18(17)21-13-22-19)15-6-4-14(5-7-15)12-28(25,26)23-11-16-3-2-10-27-16/h8-9,13-16,23H,2-7,10-12H2,1H3,(H,20,21,22)/t14-,15-,16-/m1/s1. The van der Waals surface area contributed by atoms with E-state index in [-0.39, 0.29) is 17.8 Å². The molecule has 2 aromatic heterocycles. The van der Waals surface area contributed by atoms with Crippen molar-refractivity contribution in [2.45, 2.75) is 50.7 Å². The van der Waals surface area contributed by atoms with Crippen LogP contribution in [0.3, 0.4) is 0 Å². The monoisotopic (exact) mass is 407 g/mol. The number of hydrogen-bond acceptors (Lipinski definition) is 6. The molecule has 154 valence electrons. The van der Waals surface area contributed by atoms with E-state index < -0.39 is 10.0 Å². The van der Waals surface area contributed by atoms with Gasteiger partial charge in [0.1, 0.15) is 17.8 Å². The largest absolute Gasteiger partial charge is 0.377 e. The summed E-state index contributed by atoms with van der Waals surface area (Å²) in [6.07, 6.45) is 9.23. The van der Waals surface area contributed by atoms with Crippen LogP contribution in [0.25, 0.3) is 11.0 Å². The van der Waals surface area contributed by atoms with Crippen molar-refractivity contribution in [3.63, 3.8) is 0 Å². The lowest BCUT2D eigenvalue weighted by molar-refractivity contribution is 0.114. The van der Waals surface area contributed by atoms with Crippen molar-refractivity contribution < 1.29 is 13.2 Å². The van der Waals surface area contributed by atoms with Crippen molar-refractivity contribution in [2.24, 2.45) is 5.92 Å². The smallest absolute Gasteiger partial charge is 0.211 e. The first-order valence-corrected chi connectivity index (χ1v) is 11.8. The molecule has 8 nitrogen and oxygen atoms in total. The van der Waals surface area contributed by atoms with Crippen LogP contribution in [0.5, 0.6) is 0 Å². The van der Waals surface area contributed by atoms with Gasteiger partial charge in [-0.1, -0.05) is 0 Å². The summed E-state index contributed by atoms with van der Waals surface area (Å²) < 4.78 is 33.1. The van der Waals surface area contributed by atoms with Crippen LogP contribution in [-0.2, 0) is 14.8 Å². The molecule has 2 aliphatic rings. The zero-order chi connectivity index (χ0) is 19.6. The molecule has 9 heteroatoms. The fourth-order valence-corrected chi connectivity index (χ4v) is 5.92. The van der Waals surface area contributed by atoms with Gasteiger partial charge in [0.2, 0.25) is 10.0 Å². The zero-order valence-corrected chi connectivity index (χ0v) is 17.1. The van der Waals surface area contributed by atoms with Gasteiger partial charge in [-0.25, -0.2) is 23.1 Å². The Morgan fingerprint density at radius 1 is 1.25 bits per heavy atom. The fourth-order valence-electron chi connectivity index (χ4n) is 4.41. The van der Waals surface area contributed by atoms with Crippen LogP contribution in [0.1, 0.15) is 38.5 Å². The Kier molecular flexibility index (Phi) is 5.84. The number of sulfonamides is 1. The Bertz CT molecular complexity index is 886. The summed E-state index contributed by atoms with van der Waals surface area (Å²) in [5, 5.41) is 1.02. The molecule has 0 radical (unpaired) electrons. The molecule has 0 spiro atoms. The van der Waals surface area contributed by atoms with Gasteiger partial charge in [-0.15, -0.1) is 0 Å². The predicted molar refractivity (Wildman–Crippen MR) is 109 cm³/mol. The summed E-state index contributed by atoms with van der Waals surface area (Å²) in [5.41, 5.74) is 0.842. The number of fused-ring (bicyclic) bond motifs is 1. The van der Waals surface area contributed by atoms with Crippen molar-refractivity contribution >= 4 is 26.9 Å². The van der Waals surface area contributed by atoms with E-state index in [0.717, 1.165) is 62.0 Å². The Morgan fingerprint density at radius 2 is 2.07 bits per heavy atom. The van der Waals surface area contributed by atoms with Crippen LogP contribution in [-0.4, -0.2) is 61.5 Å². The molecule has 4 rings (SSSR count). The summed E-state index contributed by atoms with van der Waals surface area (Å²) >= 11 is 0. The lowest BCUT2D eigenvalue weighted by atomic mass is 9.86. The molecular weight excluding hydrogens is 378 g/mol. The lowest BCUT2D eigenvalue weighted by Crippen LogP contribution is -2.39. The van der Waals surface area contributed by atoms with Crippen molar-refractivity contribution in [3.8, 4) is 0 Å². The highest BCUT2D eigenvalue weighted by Crippen LogP contribution is 2.32. The molecule has 1 aliphatic heterocycles. The van der Waals surface area contributed by atoms with Crippen LogP contribution < -0.4 is 9.62 Å². The summed E-state index contributed by atoms with van der Waals surface area (Å²) in [4.78, 5) is 14.1. The molecule has 0 amide bonds. The minimum absolute atomic E-state index is 0.0392. The van der Waals surface area contributed by atoms with Crippen molar-refractivity contribution in [3.05, 3.63) is 18.6 Å². The van der Waals surface area contributed by atoms with Gasteiger partial charge in [-0.3, -0.25) is 0 Å². The number of anilines is 1. The molecule has 1 saturated heterocycles. The molecule has 2 N–H and O–H groups in total. The third kappa shape index (κ3) is 4.47. The Morgan fingerprint density at radius 3 is 2.82 bits per heavy atom. The minimum atomic E-state index is -3.25. The number of rotatable bonds is 7. The van der Waals surface area contributed by atoms with Crippen molar-refractivity contribution in [1.29, 1.82) is 0 Å². The Labute approximate surface area is 166 Å². The van der Waals surface area contributed by atoms with E-state index in [0.29, 0.717) is 12.6 Å². The van der Waals surface area contributed by atoms with Crippen LogP contribution in [0.2, 0.25) is 0 Å².